The molecule has 0 aromatic carbocycles. The maximum absolute atomic E-state index is 12.1. The Morgan fingerprint density at radius 1 is 1.22 bits per heavy atom. The second-order valence-corrected chi connectivity index (χ2v) is 4.19. The molecular formula is C13H16N2O3. The van der Waals surface area contributed by atoms with Crippen molar-refractivity contribution in [3.05, 3.63) is 36.8 Å². The maximum Gasteiger partial charge on any atom is 0.257 e. The van der Waals surface area contributed by atoms with Crippen LogP contribution >= 0.6 is 0 Å². The number of furan rings is 1. The summed E-state index contributed by atoms with van der Waals surface area (Å²) < 4.78 is 4.91. The third-order valence-corrected chi connectivity index (χ3v) is 3.04. The molecule has 5 heteroatoms. The van der Waals surface area contributed by atoms with Crippen LogP contribution in [-0.4, -0.2) is 47.8 Å². The van der Waals surface area contributed by atoms with Crippen molar-refractivity contribution in [3.63, 3.8) is 0 Å². The molecule has 0 unspecified atom stereocenters. The summed E-state index contributed by atoms with van der Waals surface area (Å²) in [6.45, 7) is 5.90. The van der Waals surface area contributed by atoms with Crippen LogP contribution in [-0.2, 0) is 4.79 Å². The summed E-state index contributed by atoms with van der Waals surface area (Å²) in [5.41, 5.74) is 0.554. The van der Waals surface area contributed by atoms with Crippen molar-refractivity contribution in [2.45, 2.75) is 6.42 Å². The van der Waals surface area contributed by atoms with Crippen LogP contribution in [0.15, 0.2) is 35.7 Å². The Kier molecular flexibility index (Phi) is 3.82. The van der Waals surface area contributed by atoms with Crippen molar-refractivity contribution in [2.24, 2.45) is 0 Å². The number of amides is 2. The second-order valence-electron chi connectivity index (χ2n) is 4.19. The molecule has 0 bridgehead atoms. The summed E-state index contributed by atoms with van der Waals surface area (Å²) in [6.07, 6.45) is 5.02. The first-order chi connectivity index (χ1) is 8.72. The summed E-state index contributed by atoms with van der Waals surface area (Å²) in [4.78, 5) is 27.1. The van der Waals surface area contributed by atoms with Crippen molar-refractivity contribution >= 4 is 11.8 Å². The lowest BCUT2D eigenvalue weighted by molar-refractivity contribution is -0.125. The Balaban J connectivity index is 1.99. The highest BCUT2D eigenvalue weighted by atomic mass is 16.3. The lowest BCUT2D eigenvalue weighted by Crippen LogP contribution is -2.36. The van der Waals surface area contributed by atoms with E-state index in [0.717, 1.165) is 6.42 Å². The van der Waals surface area contributed by atoms with E-state index in [4.69, 9.17) is 4.42 Å². The first-order valence-electron chi connectivity index (χ1n) is 5.95. The zero-order valence-corrected chi connectivity index (χ0v) is 10.2. The van der Waals surface area contributed by atoms with E-state index in [1.54, 1.807) is 15.9 Å². The number of hydrogen-bond acceptors (Lipinski definition) is 3. The molecule has 0 aliphatic carbocycles. The van der Waals surface area contributed by atoms with E-state index in [2.05, 4.69) is 6.58 Å². The van der Waals surface area contributed by atoms with Crippen molar-refractivity contribution in [1.29, 1.82) is 0 Å². The fourth-order valence-corrected chi connectivity index (χ4v) is 2.04. The van der Waals surface area contributed by atoms with E-state index in [-0.39, 0.29) is 11.8 Å². The summed E-state index contributed by atoms with van der Waals surface area (Å²) in [6, 6.07) is 1.65. The van der Waals surface area contributed by atoms with Crippen LogP contribution in [0.5, 0.6) is 0 Å². The summed E-state index contributed by atoms with van der Waals surface area (Å²) in [5.74, 6) is -0.121. The molecule has 1 aliphatic heterocycles. The van der Waals surface area contributed by atoms with E-state index < -0.39 is 0 Å². The van der Waals surface area contributed by atoms with Crippen molar-refractivity contribution < 1.29 is 14.0 Å². The molecular weight excluding hydrogens is 232 g/mol. The molecule has 2 heterocycles. The first-order valence-corrected chi connectivity index (χ1v) is 5.95. The van der Waals surface area contributed by atoms with Gasteiger partial charge < -0.3 is 14.2 Å². The van der Waals surface area contributed by atoms with Gasteiger partial charge in [0.2, 0.25) is 5.91 Å². The molecule has 0 N–H and O–H groups in total. The largest absolute Gasteiger partial charge is 0.472 e. The molecule has 96 valence electrons. The Morgan fingerprint density at radius 3 is 2.61 bits per heavy atom. The van der Waals surface area contributed by atoms with Crippen molar-refractivity contribution in [3.8, 4) is 0 Å². The molecule has 1 aromatic rings. The normalized spacial score (nSPS) is 16.2. The minimum absolute atomic E-state index is 0.0448. The van der Waals surface area contributed by atoms with Crippen molar-refractivity contribution in [2.75, 3.05) is 26.2 Å². The molecule has 0 atom stereocenters. The monoisotopic (exact) mass is 248 g/mol. The summed E-state index contributed by atoms with van der Waals surface area (Å²) >= 11 is 0. The highest BCUT2D eigenvalue weighted by Crippen LogP contribution is 2.10. The minimum Gasteiger partial charge on any atom is -0.472 e. The molecule has 1 saturated heterocycles. The number of rotatable bonds is 2. The summed E-state index contributed by atoms with van der Waals surface area (Å²) in [5, 5.41) is 0. The van der Waals surface area contributed by atoms with Crippen LogP contribution in [0.1, 0.15) is 16.8 Å². The summed E-state index contributed by atoms with van der Waals surface area (Å²) in [7, 11) is 0. The van der Waals surface area contributed by atoms with Crippen LogP contribution < -0.4 is 0 Å². The SMILES string of the molecule is C=CC(=O)N1CCCN(C(=O)c2ccoc2)CC1. The first kappa shape index (κ1) is 12.4. The van der Waals surface area contributed by atoms with Gasteiger partial charge in [0.05, 0.1) is 11.8 Å². The molecule has 18 heavy (non-hydrogen) atoms. The van der Waals surface area contributed by atoms with Gasteiger partial charge in [0.15, 0.2) is 0 Å². The van der Waals surface area contributed by atoms with E-state index in [0.29, 0.717) is 31.7 Å². The number of nitrogens with zero attached hydrogens (tertiary/aromatic N) is 2. The number of carbonyl (C=O) groups excluding carboxylic acids is 2. The van der Waals surface area contributed by atoms with E-state index in [1.165, 1.54) is 18.6 Å². The van der Waals surface area contributed by atoms with Crippen LogP contribution in [0.4, 0.5) is 0 Å². The van der Waals surface area contributed by atoms with Gasteiger partial charge in [0.1, 0.15) is 6.26 Å². The highest BCUT2D eigenvalue weighted by Gasteiger charge is 2.22. The minimum atomic E-state index is -0.0763. The zero-order valence-electron chi connectivity index (χ0n) is 10.2. The van der Waals surface area contributed by atoms with Gasteiger partial charge >= 0.3 is 0 Å². The molecule has 1 aromatic heterocycles. The third-order valence-electron chi connectivity index (χ3n) is 3.04. The molecule has 0 saturated carbocycles. The third kappa shape index (κ3) is 2.61. The molecule has 1 fully saturated rings. The average Bonchev–Trinajstić information content (AvgIpc) is 2.81. The molecule has 0 radical (unpaired) electrons. The maximum atomic E-state index is 12.1. The smallest absolute Gasteiger partial charge is 0.257 e. The lowest BCUT2D eigenvalue weighted by atomic mass is 10.3. The molecule has 1 aliphatic rings. The molecule has 0 spiro atoms. The predicted molar refractivity (Wildman–Crippen MR) is 66.0 cm³/mol. The molecule has 2 amide bonds. The van der Waals surface area contributed by atoms with Crippen LogP contribution in [0.25, 0.3) is 0 Å². The highest BCUT2D eigenvalue weighted by molar-refractivity contribution is 5.94. The van der Waals surface area contributed by atoms with Gasteiger partial charge in [-0.25, -0.2) is 0 Å². The Morgan fingerprint density at radius 2 is 1.94 bits per heavy atom. The van der Waals surface area contributed by atoms with Crippen LogP contribution in [0, 0.1) is 0 Å². The number of carbonyl (C=O) groups is 2. The Bertz CT molecular complexity index is 439. The van der Waals surface area contributed by atoms with Gasteiger partial charge in [-0.3, -0.25) is 9.59 Å². The average molecular weight is 248 g/mol. The van der Waals surface area contributed by atoms with Gasteiger partial charge in [-0.15, -0.1) is 0 Å². The van der Waals surface area contributed by atoms with E-state index in [9.17, 15) is 9.59 Å². The predicted octanol–water partition coefficient (Wildman–Crippen LogP) is 1.14. The van der Waals surface area contributed by atoms with Crippen molar-refractivity contribution in [1.82, 2.24) is 9.80 Å². The topological polar surface area (TPSA) is 53.8 Å². The lowest BCUT2D eigenvalue weighted by Gasteiger charge is -2.20. The van der Waals surface area contributed by atoms with Gasteiger partial charge in [-0.05, 0) is 18.6 Å². The zero-order chi connectivity index (χ0) is 13.0. The van der Waals surface area contributed by atoms with Gasteiger partial charge in [-0.1, -0.05) is 6.58 Å². The van der Waals surface area contributed by atoms with Crippen LogP contribution in [0.2, 0.25) is 0 Å². The van der Waals surface area contributed by atoms with Gasteiger partial charge in [-0.2, -0.15) is 0 Å². The Hall–Kier alpha value is -2.04. The molecule has 5 nitrogen and oxygen atoms in total. The van der Waals surface area contributed by atoms with Gasteiger partial charge in [0.25, 0.3) is 5.91 Å². The standard InChI is InChI=1S/C13H16N2O3/c1-2-12(16)14-5-3-6-15(8-7-14)13(17)11-4-9-18-10-11/h2,4,9-10H,1,3,5-8H2. The molecule has 2 rings (SSSR count). The Labute approximate surface area is 106 Å². The second kappa shape index (κ2) is 5.53. The van der Waals surface area contributed by atoms with E-state index >= 15 is 0 Å². The van der Waals surface area contributed by atoms with Gasteiger partial charge in [0, 0.05) is 26.2 Å². The fraction of sp³-hybridized carbons (Fsp3) is 0.385. The quantitative estimate of drug-likeness (QED) is 0.737. The fourth-order valence-electron chi connectivity index (χ4n) is 2.04. The van der Waals surface area contributed by atoms with E-state index in [1.807, 2.05) is 0 Å². The van der Waals surface area contributed by atoms with Crippen LogP contribution in [0.3, 0.4) is 0 Å². The number of hydrogen-bond donors (Lipinski definition) is 0.